The number of aromatic nitrogens is 2. The molecule has 0 unspecified atom stereocenters. The van der Waals surface area contributed by atoms with E-state index in [1.54, 1.807) is 12.3 Å². The number of carbonyl (C=O) groups is 1. The summed E-state index contributed by atoms with van der Waals surface area (Å²) in [5, 5.41) is 3.92. The van der Waals surface area contributed by atoms with E-state index in [-0.39, 0.29) is 30.3 Å². The van der Waals surface area contributed by atoms with Crippen LogP contribution in [0.15, 0.2) is 36.5 Å². The number of benzene rings is 1. The third-order valence-corrected chi connectivity index (χ3v) is 5.73. The first-order valence-corrected chi connectivity index (χ1v) is 10.1. The third kappa shape index (κ3) is 4.26. The zero-order valence-electron chi connectivity index (χ0n) is 16.8. The average molecular weight is 395 g/mol. The number of hydrogen-bond donors (Lipinski definition) is 2. The van der Waals surface area contributed by atoms with E-state index in [1.807, 2.05) is 32.0 Å². The van der Waals surface area contributed by atoms with Crippen molar-refractivity contribution in [1.29, 1.82) is 0 Å². The SMILES string of the molecule is Cc1ncccc1OC1CCC(NC(=O)Cc2c(C)[nH]c3c(F)cccc23)CC1. The lowest BCUT2D eigenvalue weighted by Crippen LogP contribution is -2.40. The first kappa shape index (κ1) is 19.4. The van der Waals surface area contributed by atoms with Gasteiger partial charge in [-0.3, -0.25) is 9.78 Å². The van der Waals surface area contributed by atoms with E-state index in [1.165, 1.54) is 6.07 Å². The van der Waals surface area contributed by atoms with Crippen molar-refractivity contribution in [3.05, 3.63) is 59.3 Å². The number of aromatic amines is 1. The zero-order valence-corrected chi connectivity index (χ0v) is 16.8. The van der Waals surface area contributed by atoms with Crippen LogP contribution in [0.2, 0.25) is 0 Å². The molecule has 29 heavy (non-hydrogen) atoms. The highest BCUT2D eigenvalue weighted by atomic mass is 19.1. The molecule has 4 rings (SSSR count). The lowest BCUT2D eigenvalue weighted by molar-refractivity contribution is -0.121. The van der Waals surface area contributed by atoms with Crippen LogP contribution in [0, 0.1) is 19.7 Å². The molecule has 2 heterocycles. The topological polar surface area (TPSA) is 67.0 Å². The third-order valence-electron chi connectivity index (χ3n) is 5.73. The summed E-state index contributed by atoms with van der Waals surface area (Å²) in [4.78, 5) is 19.9. The van der Waals surface area contributed by atoms with Crippen LogP contribution in [0.3, 0.4) is 0 Å². The molecule has 0 spiro atoms. The number of hydrogen-bond acceptors (Lipinski definition) is 3. The monoisotopic (exact) mass is 395 g/mol. The molecule has 1 fully saturated rings. The van der Waals surface area contributed by atoms with Gasteiger partial charge < -0.3 is 15.0 Å². The van der Waals surface area contributed by atoms with Crippen molar-refractivity contribution in [2.75, 3.05) is 0 Å². The van der Waals surface area contributed by atoms with Gasteiger partial charge in [-0.15, -0.1) is 0 Å². The number of H-pyrrole nitrogens is 1. The Labute approximate surface area is 169 Å². The minimum Gasteiger partial charge on any atom is -0.489 e. The summed E-state index contributed by atoms with van der Waals surface area (Å²) in [5.41, 5.74) is 3.06. The molecular formula is C23H26FN3O2. The van der Waals surface area contributed by atoms with Crippen LogP contribution in [0.25, 0.3) is 10.9 Å². The van der Waals surface area contributed by atoms with E-state index < -0.39 is 0 Å². The Bertz CT molecular complexity index is 1020. The van der Waals surface area contributed by atoms with Gasteiger partial charge in [-0.2, -0.15) is 0 Å². The molecule has 0 radical (unpaired) electrons. The maximum absolute atomic E-state index is 14.0. The van der Waals surface area contributed by atoms with Gasteiger partial charge in [-0.25, -0.2) is 4.39 Å². The summed E-state index contributed by atoms with van der Waals surface area (Å²) in [7, 11) is 0. The average Bonchev–Trinajstić information content (AvgIpc) is 3.02. The van der Waals surface area contributed by atoms with Gasteiger partial charge in [0.25, 0.3) is 0 Å². The summed E-state index contributed by atoms with van der Waals surface area (Å²) in [5.74, 6) is 0.521. The Hall–Kier alpha value is -2.89. The summed E-state index contributed by atoms with van der Waals surface area (Å²) in [6.45, 7) is 3.82. The molecule has 1 amide bonds. The number of fused-ring (bicyclic) bond motifs is 1. The first-order valence-electron chi connectivity index (χ1n) is 10.1. The van der Waals surface area contributed by atoms with E-state index in [2.05, 4.69) is 15.3 Å². The minimum atomic E-state index is -0.292. The smallest absolute Gasteiger partial charge is 0.224 e. The molecule has 1 saturated carbocycles. The van der Waals surface area contributed by atoms with Crippen molar-refractivity contribution in [1.82, 2.24) is 15.3 Å². The van der Waals surface area contributed by atoms with E-state index in [0.29, 0.717) is 5.52 Å². The predicted molar refractivity (Wildman–Crippen MR) is 110 cm³/mol. The Balaban J connectivity index is 1.32. The Morgan fingerprint density at radius 1 is 1.21 bits per heavy atom. The summed E-state index contributed by atoms with van der Waals surface area (Å²) < 4.78 is 20.0. The number of ether oxygens (including phenoxy) is 1. The number of aryl methyl sites for hydroxylation is 2. The van der Waals surface area contributed by atoms with E-state index in [4.69, 9.17) is 4.74 Å². The maximum Gasteiger partial charge on any atom is 0.224 e. The fourth-order valence-corrected chi connectivity index (χ4v) is 4.13. The molecule has 1 aliphatic rings. The largest absolute Gasteiger partial charge is 0.489 e. The van der Waals surface area contributed by atoms with Gasteiger partial charge in [0.05, 0.1) is 23.7 Å². The quantitative estimate of drug-likeness (QED) is 0.674. The van der Waals surface area contributed by atoms with E-state index >= 15 is 0 Å². The zero-order chi connectivity index (χ0) is 20.4. The van der Waals surface area contributed by atoms with Crippen molar-refractivity contribution < 1.29 is 13.9 Å². The van der Waals surface area contributed by atoms with Crippen LogP contribution in [-0.4, -0.2) is 28.0 Å². The van der Waals surface area contributed by atoms with Crippen molar-refractivity contribution in [2.24, 2.45) is 0 Å². The molecule has 5 nitrogen and oxygen atoms in total. The highest BCUT2D eigenvalue weighted by Gasteiger charge is 2.24. The lowest BCUT2D eigenvalue weighted by Gasteiger charge is -2.29. The number of rotatable bonds is 5. The van der Waals surface area contributed by atoms with Crippen LogP contribution in [0.5, 0.6) is 5.75 Å². The molecule has 1 aromatic carbocycles. The number of amides is 1. The summed E-state index contributed by atoms with van der Waals surface area (Å²) in [6.07, 6.45) is 5.74. The Morgan fingerprint density at radius 3 is 2.76 bits per heavy atom. The molecule has 0 saturated heterocycles. The highest BCUT2D eigenvalue weighted by molar-refractivity contribution is 5.90. The summed E-state index contributed by atoms with van der Waals surface area (Å²) >= 11 is 0. The second-order valence-corrected chi connectivity index (χ2v) is 7.81. The van der Waals surface area contributed by atoms with E-state index in [9.17, 15) is 9.18 Å². The highest BCUT2D eigenvalue weighted by Crippen LogP contribution is 2.27. The number of nitrogens with zero attached hydrogens (tertiary/aromatic N) is 1. The van der Waals surface area contributed by atoms with Gasteiger partial charge in [0.2, 0.25) is 5.91 Å². The molecule has 3 aromatic rings. The molecule has 0 aliphatic heterocycles. The molecule has 6 heteroatoms. The molecule has 0 atom stereocenters. The number of nitrogens with one attached hydrogen (secondary N) is 2. The fourth-order valence-electron chi connectivity index (χ4n) is 4.13. The van der Waals surface area contributed by atoms with Crippen LogP contribution >= 0.6 is 0 Å². The van der Waals surface area contributed by atoms with Crippen molar-refractivity contribution in [3.63, 3.8) is 0 Å². The maximum atomic E-state index is 14.0. The van der Waals surface area contributed by atoms with Crippen LogP contribution in [0.1, 0.15) is 42.6 Å². The second kappa shape index (κ2) is 8.23. The van der Waals surface area contributed by atoms with Crippen molar-refractivity contribution in [2.45, 2.75) is 58.1 Å². The Kier molecular flexibility index (Phi) is 5.51. The first-order chi connectivity index (χ1) is 14.0. The van der Waals surface area contributed by atoms with Crippen molar-refractivity contribution in [3.8, 4) is 5.75 Å². The number of carbonyl (C=O) groups excluding carboxylic acids is 1. The summed E-state index contributed by atoms with van der Waals surface area (Å²) in [6, 6.07) is 8.94. The van der Waals surface area contributed by atoms with Gasteiger partial charge in [0, 0.05) is 23.3 Å². The molecule has 2 aromatic heterocycles. The van der Waals surface area contributed by atoms with Crippen LogP contribution in [0.4, 0.5) is 4.39 Å². The lowest BCUT2D eigenvalue weighted by atomic mass is 9.92. The molecule has 152 valence electrons. The number of para-hydroxylation sites is 1. The fraction of sp³-hybridized carbons (Fsp3) is 0.391. The van der Waals surface area contributed by atoms with Gasteiger partial charge in [-0.1, -0.05) is 12.1 Å². The van der Waals surface area contributed by atoms with Gasteiger partial charge in [0.15, 0.2) is 0 Å². The molecule has 2 N–H and O–H groups in total. The Morgan fingerprint density at radius 2 is 2.00 bits per heavy atom. The van der Waals surface area contributed by atoms with Gasteiger partial charge in [-0.05, 0) is 63.3 Å². The second-order valence-electron chi connectivity index (χ2n) is 7.81. The van der Waals surface area contributed by atoms with Gasteiger partial charge >= 0.3 is 0 Å². The minimum absolute atomic E-state index is 0.0225. The van der Waals surface area contributed by atoms with E-state index in [0.717, 1.165) is 53.8 Å². The number of halogens is 1. The molecule has 0 bridgehead atoms. The van der Waals surface area contributed by atoms with Crippen molar-refractivity contribution >= 4 is 16.8 Å². The predicted octanol–water partition coefficient (Wildman–Crippen LogP) is 4.37. The van der Waals surface area contributed by atoms with Crippen LogP contribution in [-0.2, 0) is 11.2 Å². The molecule has 1 aliphatic carbocycles. The standard InChI is InChI=1S/C23H26FN3O2/c1-14-19(18-5-3-6-20(24)23(18)26-14)13-22(28)27-16-8-10-17(11-9-16)29-21-7-4-12-25-15(21)2/h3-7,12,16-17,26H,8-11,13H2,1-2H3,(H,27,28). The van der Waals surface area contributed by atoms with Crippen LogP contribution < -0.4 is 10.1 Å². The normalized spacial score (nSPS) is 19.3. The molecular weight excluding hydrogens is 369 g/mol. The number of pyridine rings is 1. The van der Waals surface area contributed by atoms with Gasteiger partial charge in [0.1, 0.15) is 11.6 Å².